The molecule has 0 radical (unpaired) electrons. The van der Waals surface area contributed by atoms with Crippen molar-refractivity contribution in [3.05, 3.63) is 11.1 Å². The molecule has 2 heteroatoms. The highest BCUT2D eigenvalue weighted by molar-refractivity contribution is 5.10. The molecular weight excluding hydrogens is 148 g/mol. The third-order valence-corrected chi connectivity index (χ3v) is 2.15. The van der Waals surface area contributed by atoms with Gasteiger partial charge in [0.05, 0.1) is 0 Å². The van der Waals surface area contributed by atoms with Crippen molar-refractivity contribution >= 4 is 0 Å². The number of nitrogens with one attached hydrogen (secondary N) is 2. The van der Waals surface area contributed by atoms with Crippen LogP contribution in [0.2, 0.25) is 0 Å². The first-order chi connectivity index (χ1) is 5.72. The average Bonchev–Trinajstić information content (AvgIpc) is 2.05. The first kappa shape index (κ1) is 11.7. The zero-order chi connectivity index (χ0) is 9.40. The lowest BCUT2D eigenvalue weighted by Crippen LogP contribution is -2.11. The highest BCUT2D eigenvalue weighted by Gasteiger charge is 1.95. The molecule has 0 bridgehead atoms. The van der Waals surface area contributed by atoms with Gasteiger partial charge in [0.15, 0.2) is 0 Å². The number of likely N-dealkylation sites (N-methyl/N-ethyl adjacent to an activating group) is 1. The molecule has 0 fully saturated rings. The van der Waals surface area contributed by atoms with Crippen LogP contribution in [0, 0.1) is 0 Å². The van der Waals surface area contributed by atoms with Crippen molar-refractivity contribution in [2.45, 2.75) is 26.7 Å². The molecule has 0 spiro atoms. The monoisotopic (exact) mass is 170 g/mol. The lowest BCUT2D eigenvalue weighted by Gasteiger charge is -2.06. The maximum atomic E-state index is 3.17. The smallest absolute Gasteiger partial charge is 0.0161 e. The van der Waals surface area contributed by atoms with Gasteiger partial charge in [-0.25, -0.2) is 0 Å². The van der Waals surface area contributed by atoms with E-state index in [0.717, 1.165) is 13.1 Å². The molecule has 0 aromatic heterocycles. The van der Waals surface area contributed by atoms with Gasteiger partial charge in [0.2, 0.25) is 0 Å². The van der Waals surface area contributed by atoms with Crippen LogP contribution in [0.15, 0.2) is 11.1 Å². The molecule has 0 aromatic rings. The van der Waals surface area contributed by atoms with E-state index >= 15 is 0 Å². The Kier molecular flexibility index (Phi) is 7.11. The molecule has 0 unspecified atom stereocenters. The van der Waals surface area contributed by atoms with Gasteiger partial charge in [-0.2, -0.15) is 0 Å². The topological polar surface area (TPSA) is 24.1 Å². The van der Waals surface area contributed by atoms with Crippen LogP contribution in [0.25, 0.3) is 0 Å². The molecule has 2 nitrogen and oxygen atoms in total. The lowest BCUT2D eigenvalue weighted by atomic mass is 10.1. The maximum Gasteiger partial charge on any atom is 0.0161 e. The minimum atomic E-state index is 1.02. The summed E-state index contributed by atoms with van der Waals surface area (Å²) in [5, 5.41) is 6.32. The second-order valence-corrected chi connectivity index (χ2v) is 3.30. The van der Waals surface area contributed by atoms with Gasteiger partial charge in [-0.15, -0.1) is 0 Å². The molecule has 2 N–H and O–H groups in total. The molecule has 0 amide bonds. The Hall–Kier alpha value is -0.340. The third kappa shape index (κ3) is 5.33. The normalized spacial score (nSPS) is 13.0. The summed E-state index contributed by atoms with van der Waals surface area (Å²) in [7, 11) is 3.99. The van der Waals surface area contributed by atoms with E-state index in [-0.39, 0.29) is 0 Å². The largest absolute Gasteiger partial charge is 0.320 e. The van der Waals surface area contributed by atoms with Crippen LogP contribution in [0.3, 0.4) is 0 Å². The Balaban J connectivity index is 3.66. The van der Waals surface area contributed by atoms with Crippen molar-refractivity contribution in [3.8, 4) is 0 Å². The van der Waals surface area contributed by atoms with Crippen molar-refractivity contribution < 1.29 is 0 Å². The van der Waals surface area contributed by atoms with Crippen LogP contribution in [-0.2, 0) is 0 Å². The Morgan fingerprint density at radius 3 is 2.17 bits per heavy atom. The van der Waals surface area contributed by atoms with Crippen molar-refractivity contribution in [2.24, 2.45) is 0 Å². The van der Waals surface area contributed by atoms with E-state index in [0.29, 0.717) is 0 Å². The molecule has 0 aliphatic heterocycles. The summed E-state index contributed by atoms with van der Waals surface area (Å²) in [4.78, 5) is 0. The van der Waals surface area contributed by atoms with Crippen molar-refractivity contribution in [1.29, 1.82) is 0 Å². The quantitative estimate of drug-likeness (QED) is 0.467. The van der Waals surface area contributed by atoms with E-state index in [2.05, 4.69) is 24.5 Å². The molecule has 0 aliphatic rings. The second-order valence-electron chi connectivity index (χ2n) is 3.30. The summed E-state index contributed by atoms with van der Waals surface area (Å²) < 4.78 is 0. The predicted octanol–water partition coefficient (Wildman–Crippen LogP) is 1.54. The van der Waals surface area contributed by atoms with E-state index < -0.39 is 0 Å². The highest BCUT2D eigenvalue weighted by atomic mass is 14.8. The maximum absolute atomic E-state index is 3.17. The minimum Gasteiger partial charge on any atom is -0.320 e. The molecule has 0 saturated carbocycles. The first-order valence-electron chi connectivity index (χ1n) is 4.66. The molecule has 0 aliphatic carbocycles. The van der Waals surface area contributed by atoms with Crippen molar-refractivity contribution in [1.82, 2.24) is 10.6 Å². The Morgan fingerprint density at radius 2 is 1.67 bits per heavy atom. The summed E-state index contributed by atoms with van der Waals surface area (Å²) in [6.07, 6.45) is 2.46. The lowest BCUT2D eigenvalue weighted by molar-refractivity contribution is 0.713. The fraction of sp³-hybridized carbons (Fsp3) is 0.800. The van der Waals surface area contributed by atoms with E-state index in [1.807, 2.05) is 14.1 Å². The second kappa shape index (κ2) is 7.32. The average molecular weight is 170 g/mol. The fourth-order valence-electron chi connectivity index (χ4n) is 1.16. The molecule has 0 heterocycles. The van der Waals surface area contributed by atoms with Gasteiger partial charge in [0.1, 0.15) is 0 Å². The molecule has 0 saturated heterocycles. The van der Waals surface area contributed by atoms with Crippen molar-refractivity contribution in [2.75, 3.05) is 27.2 Å². The molecule has 0 atom stereocenters. The number of hydrogen-bond acceptors (Lipinski definition) is 2. The summed E-state index contributed by atoms with van der Waals surface area (Å²) in [5.41, 5.74) is 3.01. The fourth-order valence-corrected chi connectivity index (χ4v) is 1.16. The Morgan fingerprint density at radius 1 is 1.00 bits per heavy atom. The van der Waals surface area contributed by atoms with Crippen LogP contribution < -0.4 is 10.6 Å². The van der Waals surface area contributed by atoms with Gasteiger partial charge in [-0.1, -0.05) is 11.1 Å². The Labute approximate surface area is 76.4 Å². The number of rotatable bonds is 6. The van der Waals surface area contributed by atoms with E-state index in [9.17, 15) is 0 Å². The van der Waals surface area contributed by atoms with Crippen molar-refractivity contribution in [3.63, 3.8) is 0 Å². The summed E-state index contributed by atoms with van der Waals surface area (Å²) in [5.74, 6) is 0. The van der Waals surface area contributed by atoms with Gasteiger partial charge in [-0.3, -0.25) is 0 Å². The SMILES string of the molecule is CNCCC/C(C)=C(\C)CNC. The first-order valence-corrected chi connectivity index (χ1v) is 4.66. The zero-order valence-corrected chi connectivity index (χ0v) is 8.83. The van der Waals surface area contributed by atoms with E-state index in [1.54, 1.807) is 0 Å². The molecule has 0 rings (SSSR count). The molecular formula is C10H22N2. The van der Waals surface area contributed by atoms with Crippen LogP contribution >= 0.6 is 0 Å². The van der Waals surface area contributed by atoms with E-state index in [1.165, 1.54) is 24.0 Å². The van der Waals surface area contributed by atoms with Gasteiger partial charge < -0.3 is 10.6 Å². The van der Waals surface area contributed by atoms with Gasteiger partial charge in [0.25, 0.3) is 0 Å². The zero-order valence-electron chi connectivity index (χ0n) is 8.83. The minimum absolute atomic E-state index is 1.02. The van der Waals surface area contributed by atoms with Crippen LogP contribution in [0.4, 0.5) is 0 Å². The van der Waals surface area contributed by atoms with Gasteiger partial charge in [-0.05, 0) is 47.3 Å². The summed E-state index contributed by atoms with van der Waals surface area (Å²) in [6.45, 7) is 6.56. The van der Waals surface area contributed by atoms with Crippen LogP contribution in [-0.4, -0.2) is 27.2 Å². The molecule has 12 heavy (non-hydrogen) atoms. The molecule has 72 valence electrons. The highest BCUT2D eigenvalue weighted by Crippen LogP contribution is 2.08. The summed E-state index contributed by atoms with van der Waals surface area (Å²) >= 11 is 0. The van der Waals surface area contributed by atoms with Gasteiger partial charge >= 0.3 is 0 Å². The van der Waals surface area contributed by atoms with Crippen LogP contribution in [0.5, 0.6) is 0 Å². The third-order valence-electron chi connectivity index (χ3n) is 2.15. The predicted molar refractivity (Wildman–Crippen MR) is 55.5 cm³/mol. The molecule has 0 aromatic carbocycles. The number of allylic oxidation sites excluding steroid dienone is 1. The summed E-state index contributed by atoms with van der Waals surface area (Å²) in [6, 6.07) is 0. The standard InChI is InChI=1S/C10H22N2/c1-9(6-5-7-11-3)10(2)8-12-4/h11-12H,5-8H2,1-4H3/b10-9+. The van der Waals surface area contributed by atoms with Gasteiger partial charge in [0, 0.05) is 6.54 Å². The number of hydrogen-bond donors (Lipinski definition) is 2. The Bertz CT molecular complexity index is 139. The van der Waals surface area contributed by atoms with E-state index in [4.69, 9.17) is 0 Å². The van der Waals surface area contributed by atoms with Crippen LogP contribution in [0.1, 0.15) is 26.7 Å².